The van der Waals surface area contributed by atoms with E-state index in [0.717, 1.165) is 22.4 Å². The van der Waals surface area contributed by atoms with E-state index < -0.39 is 0 Å². The van der Waals surface area contributed by atoms with Crippen molar-refractivity contribution >= 4 is 23.4 Å². The molecule has 1 amide bonds. The van der Waals surface area contributed by atoms with Gasteiger partial charge in [-0.2, -0.15) is 5.10 Å². The average Bonchev–Trinajstić information content (AvgIpc) is 2.74. The molecule has 3 aromatic rings. The molecule has 3 rings (SSSR count). The molecule has 0 saturated heterocycles. The first-order valence-corrected chi connectivity index (χ1v) is 9.58. The number of carbonyl (C=O) groups excluding carboxylic acids is 1. The first-order chi connectivity index (χ1) is 14.1. The Hall–Kier alpha value is -3.66. The highest BCUT2D eigenvalue weighted by Gasteiger charge is 2.04. The molecule has 0 atom stereocenters. The Balaban J connectivity index is 1.68. The Labute approximate surface area is 172 Å². The molecule has 0 aliphatic heterocycles. The summed E-state index contributed by atoms with van der Waals surface area (Å²) in [5, 5.41) is 7.51. The third-order valence-electron chi connectivity index (χ3n) is 4.43. The molecular formula is C25H25N3O. The van der Waals surface area contributed by atoms with Crippen molar-refractivity contribution in [1.29, 1.82) is 0 Å². The minimum absolute atomic E-state index is 0.151. The van der Waals surface area contributed by atoms with Crippen molar-refractivity contribution in [2.75, 3.05) is 11.9 Å². The maximum Gasteiger partial charge on any atom is 0.259 e. The van der Waals surface area contributed by atoms with Gasteiger partial charge in [0.1, 0.15) is 0 Å². The van der Waals surface area contributed by atoms with Gasteiger partial charge < -0.3 is 5.32 Å². The van der Waals surface area contributed by atoms with Gasteiger partial charge >= 0.3 is 0 Å². The molecule has 3 aromatic carbocycles. The smallest absolute Gasteiger partial charge is 0.259 e. The lowest BCUT2D eigenvalue weighted by atomic mass is 10.1. The third kappa shape index (κ3) is 6.18. The van der Waals surface area contributed by atoms with Crippen LogP contribution in [-0.2, 0) is 4.79 Å². The van der Waals surface area contributed by atoms with Gasteiger partial charge in [0.15, 0.2) is 0 Å². The van der Waals surface area contributed by atoms with Crippen LogP contribution in [0.4, 0.5) is 5.69 Å². The first kappa shape index (κ1) is 20.1. The Morgan fingerprint density at radius 1 is 0.931 bits per heavy atom. The number of amides is 1. The molecular weight excluding hydrogens is 358 g/mol. The van der Waals surface area contributed by atoms with Crippen LogP contribution in [0, 0.1) is 13.8 Å². The fraction of sp³-hybridized carbons (Fsp3) is 0.120. The molecule has 0 bridgehead atoms. The summed E-state index contributed by atoms with van der Waals surface area (Å²) in [5.41, 5.74) is 8.59. The summed E-state index contributed by atoms with van der Waals surface area (Å²) in [6.07, 6.45) is 3.88. The number of nitrogens with one attached hydrogen (secondary N) is 2. The Kier molecular flexibility index (Phi) is 6.95. The number of rotatable bonds is 7. The van der Waals surface area contributed by atoms with Gasteiger partial charge in [-0.05, 0) is 37.1 Å². The topological polar surface area (TPSA) is 53.5 Å². The molecule has 4 nitrogen and oxygen atoms in total. The zero-order valence-corrected chi connectivity index (χ0v) is 16.7. The van der Waals surface area contributed by atoms with Crippen LogP contribution in [0.3, 0.4) is 0 Å². The molecule has 0 spiro atoms. The lowest BCUT2D eigenvalue weighted by Gasteiger charge is -2.09. The SMILES string of the molecule is Cc1ccc(NCC(=O)N/N=C(/C=C\c2ccccc2)c2ccccc2)c(C)c1. The molecule has 0 aromatic heterocycles. The van der Waals surface area contributed by atoms with Crippen molar-refractivity contribution in [2.24, 2.45) is 5.10 Å². The third-order valence-corrected chi connectivity index (χ3v) is 4.43. The maximum atomic E-state index is 12.3. The number of allylic oxidation sites excluding steroid dienone is 1. The van der Waals surface area contributed by atoms with E-state index in [1.54, 1.807) is 0 Å². The number of nitrogens with zero attached hydrogens (tertiary/aromatic N) is 1. The summed E-state index contributed by atoms with van der Waals surface area (Å²) >= 11 is 0. The molecule has 0 aliphatic carbocycles. The monoisotopic (exact) mass is 383 g/mol. The van der Waals surface area contributed by atoms with Gasteiger partial charge in [0.05, 0.1) is 12.3 Å². The molecule has 0 fully saturated rings. The summed E-state index contributed by atoms with van der Waals surface area (Å²) in [6.45, 7) is 4.22. The van der Waals surface area contributed by atoms with Crippen LogP contribution < -0.4 is 10.7 Å². The van der Waals surface area contributed by atoms with Crippen molar-refractivity contribution in [3.8, 4) is 0 Å². The number of benzene rings is 3. The van der Waals surface area contributed by atoms with E-state index in [2.05, 4.69) is 21.9 Å². The Morgan fingerprint density at radius 2 is 1.62 bits per heavy atom. The summed E-state index contributed by atoms with van der Waals surface area (Å²) in [4.78, 5) is 12.3. The fourth-order valence-corrected chi connectivity index (χ4v) is 2.90. The number of aryl methyl sites for hydroxylation is 2. The van der Waals surface area contributed by atoms with Crippen LogP contribution in [0.1, 0.15) is 22.3 Å². The largest absolute Gasteiger partial charge is 0.376 e. The molecule has 2 N–H and O–H groups in total. The maximum absolute atomic E-state index is 12.3. The van der Waals surface area contributed by atoms with E-state index >= 15 is 0 Å². The van der Waals surface area contributed by atoms with Crippen molar-refractivity contribution in [2.45, 2.75) is 13.8 Å². The van der Waals surface area contributed by atoms with E-state index in [1.807, 2.05) is 98.8 Å². The number of hydrogen-bond acceptors (Lipinski definition) is 3. The second kappa shape index (κ2) is 10.0. The van der Waals surface area contributed by atoms with E-state index in [0.29, 0.717) is 5.71 Å². The van der Waals surface area contributed by atoms with E-state index in [1.165, 1.54) is 5.56 Å². The van der Waals surface area contributed by atoms with Crippen LogP contribution in [0.2, 0.25) is 0 Å². The summed E-state index contributed by atoms with van der Waals surface area (Å²) in [5.74, 6) is -0.202. The summed E-state index contributed by atoms with van der Waals surface area (Å²) in [7, 11) is 0. The molecule has 0 radical (unpaired) electrons. The molecule has 4 heteroatoms. The van der Waals surface area contributed by atoms with Crippen LogP contribution >= 0.6 is 0 Å². The van der Waals surface area contributed by atoms with Gasteiger partial charge in [-0.15, -0.1) is 0 Å². The molecule has 0 unspecified atom stereocenters. The first-order valence-electron chi connectivity index (χ1n) is 9.58. The van der Waals surface area contributed by atoms with Gasteiger partial charge in [-0.3, -0.25) is 4.79 Å². The highest BCUT2D eigenvalue weighted by atomic mass is 16.2. The average molecular weight is 383 g/mol. The predicted octanol–water partition coefficient (Wildman–Crippen LogP) is 4.95. The van der Waals surface area contributed by atoms with E-state index in [4.69, 9.17) is 0 Å². The zero-order valence-electron chi connectivity index (χ0n) is 16.7. The van der Waals surface area contributed by atoms with Gasteiger partial charge in [-0.1, -0.05) is 84.4 Å². The normalized spacial score (nSPS) is 11.4. The Bertz CT molecular complexity index is 1010. The van der Waals surface area contributed by atoms with Gasteiger partial charge in [0, 0.05) is 11.3 Å². The predicted molar refractivity (Wildman–Crippen MR) is 121 cm³/mol. The second-order valence-electron chi connectivity index (χ2n) is 6.81. The molecule has 0 heterocycles. The van der Waals surface area contributed by atoms with Crippen LogP contribution in [0.25, 0.3) is 6.08 Å². The lowest BCUT2D eigenvalue weighted by Crippen LogP contribution is -2.27. The van der Waals surface area contributed by atoms with Gasteiger partial charge in [0.25, 0.3) is 5.91 Å². The van der Waals surface area contributed by atoms with Crippen molar-refractivity contribution in [3.63, 3.8) is 0 Å². The molecule has 146 valence electrons. The molecule has 29 heavy (non-hydrogen) atoms. The van der Waals surface area contributed by atoms with E-state index in [9.17, 15) is 4.79 Å². The van der Waals surface area contributed by atoms with E-state index in [-0.39, 0.29) is 12.5 Å². The van der Waals surface area contributed by atoms with Crippen molar-refractivity contribution in [1.82, 2.24) is 5.43 Å². The van der Waals surface area contributed by atoms with Gasteiger partial charge in [0.2, 0.25) is 0 Å². The second-order valence-corrected chi connectivity index (χ2v) is 6.81. The Morgan fingerprint density at radius 3 is 2.31 bits per heavy atom. The lowest BCUT2D eigenvalue weighted by molar-refractivity contribution is -0.119. The van der Waals surface area contributed by atoms with Gasteiger partial charge in [-0.25, -0.2) is 5.43 Å². The standard InChI is InChI=1S/C25H25N3O/c1-19-13-15-23(20(2)17-19)26-18-25(29)28-27-24(22-11-7-4-8-12-22)16-14-21-9-5-3-6-10-21/h3-17,26H,18H2,1-2H3,(H,28,29)/b16-14-,27-24-. The summed E-state index contributed by atoms with van der Waals surface area (Å²) < 4.78 is 0. The van der Waals surface area contributed by atoms with Crippen LogP contribution in [0.15, 0.2) is 90.0 Å². The molecule has 0 aliphatic rings. The van der Waals surface area contributed by atoms with Crippen LogP contribution in [-0.4, -0.2) is 18.2 Å². The highest BCUT2D eigenvalue weighted by molar-refractivity contribution is 6.11. The van der Waals surface area contributed by atoms with Crippen molar-refractivity contribution in [3.05, 3.63) is 107 Å². The number of hydrazone groups is 1. The molecule has 0 saturated carbocycles. The van der Waals surface area contributed by atoms with Crippen molar-refractivity contribution < 1.29 is 4.79 Å². The minimum atomic E-state index is -0.202. The fourth-order valence-electron chi connectivity index (χ4n) is 2.90. The zero-order chi connectivity index (χ0) is 20.5. The number of hydrogen-bond donors (Lipinski definition) is 2. The quantitative estimate of drug-likeness (QED) is 0.448. The van der Waals surface area contributed by atoms with Crippen LogP contribution in [0.5, 0.6) is 0 Å². The highest BCUT2D eigenvalue weighted by Crippen LogP contribution is 2.15. The number of anilines is 1. The minimum Gasteiger partial charge on any atom is -0.376 e. The number of carbonyl (C=O) groups is 1. The summed E-state index contributed by atoms with van der Waals surface area (Å²) in [6, 6.07) is 25.9.